The van der Waals surface area contributed by atoms with Gasteiger partial charge in [0, 0.05) is 22.2 Å². The molecule has 0 bridgehead atoms. The summed E-state index contributed by atoms with van der Waals surface area (Å²) in [5, 5.41) is 8.36. The van der Waals surface area contributed by atoms with Crippen molar-refractivity contribution in [2.24, 2.45) is 0 Å². The van der Waals surface area contributed by atoms with Gasteiger partial charge in [0.2, 0.25) is 0 Å². The maximum Gasteiger partial charge on any atom is 0.139 e. The Bertz CT molecular complexity index is 2380. The lowest BCUT2D eigenvalue weighted by Gasteiger charge is -2.18. The Hall–Kier alpha value is -5.60. The summed E-state index contributed by atoms with van der Waals surface area (Å²) in [4.78, 5) is 0. The largest absolute Gasteiger partial charge is 0.464 e. The third-order valence-corrected chi connectivity index (χ3v) is 8.55. The highest BCUT2D eigenvalue weighted by atomic mass is 16.3. The third-order valence-electron chi connectivity index (χ3n) is 8.55. The highest BCUT2D eigenvalue weighted by Crippen LogP contribution is 2.44. The first kappa shape index (κ1) is 23.1. The van der Waals surface area contributed by atoms with Gasteiger partial charge in [0.25, 0.3) is 0 Å². The van der Waals surface area contributed by atoms with Crippen LogP contribution in [-0.4, -0.2) is 0 Å². The van der Waals surface area contributed by atoms with Crippen LogP contribution in [0.4, 0.5) is 0 Å². The quantitative estimate of drug-likeness (QED) is 0.210. The van der Waals surface area contributed by atoms with Crippen LogP contribution in [0.1, 0.15) is 0 Å². The van der Waals surface area contributed by atoms with E-state index in [1.807, 2.05) is 18.2 Å². The molecule has 0 fully saturated rings. The summed E-state index contributed by atoms with van der Waals surface area (Å²) in [5.41, 5.74) is 9.87. The van der Waals surface area contributed by atoms with Crippen molar-refractivity contribution in [3.63, 3.8) is 0 Å². The molecule has 9 rings (SSSR count). The van der Waals surface area contributed by atoms with Gasteiger partial charge in [-0.05, 0) is 73.1 Å². The SMILES string of the molecule is c1ccc(-c2c3ccccc3c(-c3ccc(-c4cccc5oc6cc7occc7cc6c45)cc3)c3ccccc23)cc1. The van der Waals surface area contributed by atoms with E-state index in [-0.39, 0.29) is 0 Å². The topological polar surface area (TPSA) is 26.3 Å². The van der Waals surface area contributed by atoms with Crippen molar-refractivity contribution in [3.05, 3.63) is 146 Å². The van der Waals surface area contributed by atoms with Crippen molar-refractivity contribution in [1.82, 2.24) is 0 Å². The smallest absolute Gasteiger partial charge is 0.139 e. The van der Waals surface area contributed by atoms with Crippen LogP contribution in [0.15, 0.2) is 155 Å². The van der Waals surface area contributed by atoms with Crippen molar-refractivity contribution in [3.8, 4) is 33.4 Å². The van der Waals surface area contributed by atoms with Gasteiger partial charge in [0.05, 0.1) is 6.26 Å². The minimum Gasteiger partial charge on any atom is -0.464 e. The minimum absolute atomic E-state index is 0.838. The average molecular weight is 537 g/mol. The molecular formula is C40H24O2. The number of rotatable bonds is 3. The number of benzene rings is 7. The Morgan fingerprint density at radius 3 is 1.64 bits per heavy atom. The first-order valence-electron chi connectivity index (χ1n) is 14.3. The van der Waals surface area contributed by atoms with Crippen LogP contribution in [0.5, 0.6) is 0 Å². The number of hydrogen-bond donors (Lipinski definition) is 0. The molecule has 7 aromatic carbocycles. The molecule has 196 valence electrons. The average Bonchev–Trinajstić information content (AvgIpc) is 3.66. The summed E-state index contributed by atoms with van der Waals surface area (Å²) in [6.07, 6.45) is 1.73. The molecule has 0 aliphatic rings. The summed E-state index contributed by atoms with van der Waals surface area (Å²) >= 11 is 0. The third kappa shape index (κ3) is 3.39. The van der Waals surface area contributed by atoms with Crippen LogP contribution < -0.4 is 0 Å². The fourth-order valence-corrected chi connectivity index (χ4v) is 6.70. The summed E-state index contributed by atoms with van der Waals surface area (Å²) in [6.45, 7) is 0. The molecule has 9 aromatic rings. The van der Waals surface area contributed by atoms with Crippen LogP contribution in [0.2, 0.25) is 0 Å². The van der Waals surface area contributed by atoms with E-state index < -0.39 is 0 Å². The van der Waals surface area contributed by atoms with Gasteiger partial charge in [-0.1, -0.05) is 115 Å². The van der Waals surface area contributed by atoms with E-state index in [9.17, 15) is 0 Å². The van der Waals surface area contributed by atoms with Gasteiger partial charge >= 0.3 is 0 Å². The standard InChI is InChI=1S/C40H24O2/c1-2-9-26(10-3-1)38-30-11-4-6-13-32(30)39(33-14-7-5-12-31(33)38)27-19-17-25(18-20-27)29-15-8-16-35-40(29)34-23-28-21-22-41-36(28)24-37(34)42-35/h1-24H. The number of furan rings is 2. The highest BCUT2D eigenvalue weighted by molar-refractivity contribution is 6.21. The zero-order valence-corrected chi connectivity index (χ0v) is 22.7. The summed E-state index contributed by atoms with van der Waals surface area (Å²) in [7, 11) is 0. The molecule has 42 heavy (non-hydrogen) atoms. The Balaban J connectivity index is 1.26. The van der Waals surface area contributed by atoms with Crippen LogP contribution in [0.3, 0.4) is 0 Å². The molecule has 0 spiro atoms. The molecule has 2 heterocycles. The van der Waals surface area contributed by atoms with E-state index in [0.717, 1.165) is 44.0 Å². The fourth-order valence-electron chi connectivity index (χ4n) is 6.70. The molecule has 0 N–H and O–H groups in total. The molecule has 0 unspecified atom stereocenters. The lowest BCUT2D eigenvalue weighted by molar-refractivity contribution is 0.613. The zero-order chi connectivity index (χ0) is 27.6. The second-order valence-electron chi connectivity index (χ2n) is 10.9. The molecule has 2 heteroatoms. The van der Waals surface area contributed by atoms with Crippen molar-refractivity contribution >= 4 is 54.5 Å². The minimum atomic E-state index is 0.838. The number of hydrogen-bond acceptors (Lipinski definition) is 2. The fraction of sp³-hybridized carbons (Fsp3) is 0. The Labute approximate surface area is 242 Å². The molecule has 0 amide bonds. The molecule has 0 saturated carbocycles. The van der Waals surface area contributed by atoms with Crippen LogP contribution in [0, 0.1) is 0 Å². The summed E-state index contributed by atoms with van der Waals surface area (Å²) in [6, 6.07) is 49.8. The number of fused-ring (bicyclic) bond motifs is 6. The van der Waals surface area contributed by atoms with E-state index in [1.165, 1.54) is 43.8 Å². The Morgan fingerprint density at radius 2 is 0.976 bits per heavy atom. The van der Waals surface area contributed by atoms with Crippen LogP contribution in [0.25, 0.3) is 87.8 Å². The van der Waals surface area contributed by atoms with Gasteiger partial charge in [-0.2, -0.15) is 0 Å². The van der Waals surface area contributed by atoms with Gasteiger partial charge in [-0.25, -0.2) is 0 Å². The molecule has 2 nitrogen and oxygen atoms in total. The summed E-state index contributed by atoms with van der Waals surface area (Å²) < 4.78 is 11.9. The monoisotopic (exact) mass is 536 g/mol. The zero-order valence-electron chi connectivity index (χ0n) is 22.7. The van der Waals surface area contributed by atoms with E-state index in [1.54, 1.807) is 6.26 Å². The van der Waals surface area contributed by atoms with E-state index in [2.05, 4.69) is 121 Å². The van der Waals surface area contributed by atoms with Gasteiger partial charge in [-0.3, -0.25) is 0 Å². The predicted molar refractivity (Wildman–Crippen MR) is 175 cm³/mol. The summed E-state index contributed by atoms with van der Waals surface area (Å²) in [5.74, 6) is 0. The van der Waals surface area contributed by atoms with Gasteiger partial charge in [-0.15, -0.1) is 0 Å². The van der Waals surface area contributed by atoms with Crippen molar-refractivity contribution in [2.45, 2.75) is 0 Å². The Kier molecular flexibility index (Phi) is 4.93. The lowest BCUT2D eigenvalue weighted by Crippen LogP contribution is -1.90. The van der Waals surface area contributed by atoms with Crippen molar-refractivity contribution in [1.29, 1.82) is 0 Å². The van der Waals surface area contributed by atoms with Crippen molar-refractivity contribution in [2.75, 3.05) is 0 Å². The van der Waals surface area contributed by atoms with Crippen LogP contribution >= 0.6 is 0 Å². The van der Waals surface area contributed by atoms with E-state index in [4.69, 9.17) is 8.83 Å². The first-order valence-corrected chi connectivity index (χ1v) is 14.3. The van der Waals surface area contributed by atoms with E-state index in [0.29, 0.717) is 0 Å². The van der Waals surface area contributed by atoms with Crippen molar-refractivity contribution < 1.29 is 8.83 Å². The first-order chi connectivity index (χ1) is 20.8. The highest BCUT2D eigenvalue weighted by Gasteiger charge is 2.18. The second-order valence-corrected chi connectivity index (χ2v) is 10.9. The molecule has 0 saturated heterocycles. The molecule has 0 aliphatic heterocycles. The Morgan fingerprint density at radius 1 is 0.381 bits per heavy atom. The molecule has 0 aliphatic carbocycles. The normalized spacial score (nSPS) is 11.8. The van der Waals surface area contributed by atoms with Gasteiger partial charge in [0.15, 0.2) is 0 Å². The van der Waals surface area contributed by atoms with Gasteiger partial charge < -0.3 is 8.83 Å². The second kappa shape index (κ2) is 8.95. The molecule has 0 radical (unpaired) electrons. The van der Waals surface area contributed by atoms with Crippen LogP contribution in [-0.2, 0) is 0 Å². The molecular weight excluding hydrogens is 512 g/mol. The maximum absolute atomic E-state index is 6.27. The molecule has 2 aromatic heterocycles. The van der Waals surface area contributed by atoms with E-state index >= 15 is 0 Å². The lowest BCUT2D eigenvalue weighted by atomic mass is 9.85. The predicted octanol–water partition coefficient (Wildman–Crippen LogP) is 11.6. The molecule has 0 atom stereocenters. The van der Waals surface area contributed by atoms with Gasteiger partial charge in [0.1, 0.15) is 16.7 Å². The maximum atomic E-state index is 6.27.